The Kier molecular flexibility index (Phi) is 4.90. The molecule has 1 N–H and O–H groups in total. The first-order chi connectivity index (χ1) is 8.06. The molecule has 0 amide bonds. The maximum Gasteiger partial charge on any atom is 0.313 e. The minimum atomic E-state index is -0.395. The Balaban J connectivity index is 2.77. The van der Waals surface area contributed by atoms with Gasteiger partial charge in [-0.3, -0.25) is 10.1 Å². The summed E-state index contributed by atoms with van der Waals surface area (Å²) >= 11 is 0. The number of hydrogen-bond acceptors (Lipinski definition) is 4. The van der Waals surface area contributed by atoms with Gasteiger partial charge in [-0.15, -0.1) is 0 Å². The molecule has 1 atom stereocenters. The Morgan fingerprint density at radius 1 is 1.53 bits per heavy atom. The summed E-state index contributed by atoms with van der Waals surface area (Å²) in [6.07, 6.45) is 0. The van der Waals surface area contributed by atoms with Crippen LogP contribution in [0.25, 0.3) is 0 Å². The first-order valence-electron chi connectivity index (χ1n) is 5.57. The number of benzene rings is 1. The van der Waals surface area contributed by atoms with Crippen molar-refractivity contribution in [2.75, 3.05) is 20.2 Å². The number of para-hydroxylation sites is 1. The van der Waals surface area contributed by atoms with E-state index in [1.54, 1.807) is 25.1 Å². The summed E-state index contributed by atoms with van der Waals surface area (Å²) in [7, 11) is 1.87. The zero-order valence-electron chi connectivity index (χ0n) is 10.4. The van der Waals surface area contributed by atoms with Crippen molar-refractivity contribution >= 4 is 5.69 Å². The Morgan fingerprint density at radius 3 is 2.82 bits per heavy atom. The summed E-state index contributed by atoms with van der Waals surface area (Å²) < 4.78 is 5.51. The standard InChI is InChI=1S/C12H18N2O3/c1-9(7-13-3)8-17-11-6-4-5-10(2)12(11)14(15)16/h4-6,9,13H,7-8H2,1-3H3. The van der Waals surface area contributed by atoms with E-state index in [2.05, 4.69) is 5.32 Å². The number of nitro groups is 1. The molecule has 0 aliphatic carbocycles. The van der Waals surface area contributed by atoms with Gasteiger partial charge in [-0.25, -0.2) is 0 Å². The number of nitro benzene ring substituents is 1. The molecule has 5 heteroatoms. The van der Waals surface area contributed by atoms with E-state index < -0.39 is 4.92 Å². The molecule has 94 valence electrons. The molecule has 17 heavy (non-hydrogen) atoms. The van der Waals surface area contributed by atoms with E-state index in [9.17, 15) is 10.1 Å². The van der Waals surface area contributed by atoms with Gasteiger partial charge in [0.1, 0.15) is 0 Å². The van der Waals surface area contributed by atoms with E-state index >= 15 is 0 Å². The van der Waals surface area contributed by atoms with E-state index in [0.29, 0.717) is 23.8 Å². The van der Waals surface area contributed by atoms with Gasteiger partial charge < -0.3 is 10.1 Å². The minimum Gasteiger partial charge on any atom is -0.486 e. The molecular formula is C12H18N2O3. The van der Waals surface area contributed by atoms with Crippen LogP contribution < -0.4 is 10.1 Å². The predicted octanol–water partition coefficient (Wildman–Crippen LogP) is 2.14. The van der Waals surface area contributed by atoms with Gasteiger partial charge >= 0.3 is 5.69 Å². The molecule has 1 aromatic carbocycles. The highest BCUT2D eigenvalue weighted by molar-refractivity contribution is 5.51. The summed E-state index contributed by atoms with van der Waals surface area (Å²) in [5, 5.41) is 14.0. The van der Waals surface area contributed by atoms with E-state index in [1.165, 1.54) is 0 Å². The molecule has 0 fully saturated rings. The van der Waals surface area contributed by atoms with E-state index in [0.717, 1.165) is 6.54 Å². The molecule has 0 saturated carbocycles. The average molecular weight is 238 g/mol. The van der Waals surface area contributed by atoms with Gasteiger partial charge in [-0.05, 0) is 20.0 Å². The van der Waals surface area contributed by atoms with E-state index in [-0.39, 0.29) is 5.69 Å². The fourth-order valence-electron chi connectivity index (χ4n) is 1.62. The van der Waals surface area contributed by atoms with Crippen LogP contribution in [0.5, 0.6) is 5.75 Å². The van der Waals surface area contributed by atoms with Crippen LogP contribution in [0.4, 0.5) is 5.69 Å². The van der Waals surface area contributed by atoms with Crippen LogP contribution in [-0.4, -0.2) is 25.1 Å². The van der Waals surface area contributed by atoms with Gasteiger partial charge in [0, 0.05) is 18.0 Å². The molecule has 0 heterocycles. The number of rotatable bonds is 6. The van der Waals surface area contributed by atoms with Gasteiger partial charge in [-0.1, -0.05) is 19.1 Å². The highest BCUT2D eigenvalue weighted by Gasteiger charge is 2.18. The van der Waals surface area contributed by atoms with E-state index in [1.807, 2.05) is 14.0 Å². The smallest absolute Gasteiger partial charge is 0.313 e. The molecular weight excluding hydrogens is 220 g/mol. The molecule has 0 spiro atoms. The monoisotopic (exact) mass is 238 g/mol. The molecule has 1 aromatic rings. The number of hydrogen-bond donors (Lipinski definition) is 1. The van der Waals surface area contributed by atoms with Gasteiger partial charge in [0.25, 0.3) is 0 Å². The van der Waals surface area contributed by atoms with Gasteiger partial charge in [0.15, 0.2) is 5.75 Å². The molecule has 0 saturated heterocycles. The fraction of sp³-hybridized carbons (Fsp3) is 0.500. The Hall–Kier alpha value is -1.62. The third-order valence-electron chi connectivity index (χ3n) is 2.46. The lowest BCUT2D eigenvalue weighted by molar-refractivity contribution is -0.386. The summed E-state index contributed by atoms with van der Waals surface area (Å²) in [5.74, 6) is 0.651. The molecule has 1 unspecified atom stereocenters. The molecule has 0 aromatic heterocycles. The first-order valence-corrected chi connectivity index (χ1v) is 5.57. The summed E-state index contributed by atoms with van der Waals surface area (Å²) in [4.78, 5) is 10.5. The summed E-state index contributed by atoms with van der Waals surface area (Å²) in [6, 6.07) is 5.11. The maximum absolute atomic E-state index is 10.9. The number of ether oxygens (including phenoxy) is 1. The van der Waals surface area contributed by atoms with Crippen molar-refractivity contribution < 1.29 is 9.66 Å². The lowest BCUT2D eigenvalue weighted by Crippen LogP contribution is -2.21. The van der Waals surface area contributed by atoms with Crippen molar-refractivity contribution in [2.24, 2.45) is 5.92 Å². The molecule has 0 aliphatic rings. The highest BCUT2D eigenvalue weighted by atomic mass is 16.6. The normalized spacial score (nSPS) is 12.2. The van der Waals surface area contributed by atoms with Crippen LogP contribution in [-0.2, 0) is 0 Å². The summed E-state index contributed by atoms with van der Waals surface area (Å²) in [6.45, 7) is 5.02. The van der Waals surface area contributed by atoms with Crippen LogP contribution >= 0.6 is 0 Å². The lowest BCUT2D eigenvalue weighted by atomic mass is 10.2. The Bertz CT molecular complexity index is 393. The second-order valence-corrected chi connectivity index (χ2v) is 4.15. The second-order valence-electron chi connectivity index (χ2n) is 4.15. The molecule has 0 radical (unpaired) electrons. The average Bonchev–Trinajstić information content (AvgIpc) is 2.26. The van der Waals surface area contributed by atoms with Crippen LogP contribution in [0.15, 0.2) is 18.2 Å². The molecule has 5 nitrogen and oxygen atoms in total. The van der Waals surface area contributed by atoms with Crippen molar-refractivity contribution in [1.82, 2.24) is 5.32 Å². The SMILES string of the molecule is CNCC(C)COc1cccc(C)c1[N+](=O)[O-]. The van der Waals surface area contributed by atoms with Crippen LogP contribution in [0.1, 0.15) is 12.5 Å². The van der Waals surface area contributed by atoms with Gasteiger partial charge in [0.05, 0.1) is 11.5 Å². The van der Waals surface area contributed by atoms with Crippen molar-refractivity contribution in [3.05, 3.63) is 33.9 Å². The van der Waals surface area contributed by atoms with Crippen molar-refractivity contribution in [1.29, 1.82) is 0 Å². The molecule has 0 aliphatic heterocycles. The number of nitrogens with zero attached hydrogens (tertiary/aromatic N) is 1. The summed E-state index contributed by atoms with van der Waals surface area (Å²) in [5.41, 5.74) is 0.679. The third kappa shape index (κ3) is 3.71. The quantitative estimate of drug-likeness (QED) is 0.609. The molecule has 0 bridgehead atoms. The lowest BCUT2D eigenvalue weighted by Gasteiger charge is -2.13. The highest BCUT2D eigenvalue weighted by Crippen LogP contribution is 2.30. The number of nitrogens with one attached hydrogen (secondary N) is 1. The van der Waals surface area contributed by atoms with Crippen molar-refractivity contribution in [3.63, 3.8) is 0 Å². The fourth-order valence-corrected chi connectivity index (χ4v) is 1.62. The molecule has 1 rings (SSSR count). The Morgan fingerprint density at radius 2 is 2.24 bits per heavy atom. The van der Waals surface area contributed by atoms with Crippen LogP contribution in [0, 0.1) is 23.0 Å². The van der Waals surface area contributed by atoms with E-state index in [4.69, 9.17) is 4.74 Å². The number of aryl methyl sites for hydroxylation is 1. The van der Waals surface area contributed by atoms with Gasteiger partial charge in [-0.2, -0.15) is 0 Å². The largest absolute Gasteiger partial charge is 0.486 e. The first kappa shape index (κ1) is 13.4. The maximum atomic E-state index is 10.9. The Labute approximate surface area is 101 Å². The zero-order valence-corrected chi connectivity index (χ0v) is 10.4. The second kappa shape index (κ2) is 6.20. The van der Waals surface area contributed by atoms with Crippen molar-refractivity contribution in [3.8, 4) is 5.75 Å². The third-order valence-corrected chi connectivity index (χ3v) is 2.46. The van der Waals surface area contributed by atoms with Crippen molar-refractivity contribution in [2.45, 2.75) is 13.8 Å². The topological polar surface area (TPSA) is 64.4 Å². The van der Waals surface area contributed by atoms with Crippen LogP contribution in [0.2, 0.25) is 0 Å². The zero-order chi connectivity index (χ0) is 12.8. The van der Waals surface area contributed by atoms with Gasteiger partial charge in [0.2, 0.25) is 0 Å². The van der Waals surface area contributed by atoms with Crippen LogP contribution in [0.3, 0.4) is 0 Å². The minimum absolute atomic E-state index is 0.0594. The predicted molar refractivity (Wildman–Crippen MR) is 66.4 cm³/mol.